The Morgan fingerprint density at radius 1 is 1.38 bits per heavy atom. The van der Waals surface area contributed by atoms with Gasteiger partial charge in [0.15, 0.2) is 5.16 Å². The van der Waals surface area contributed by atoms with Gasteiger partial charge in [0.2, 0.25) is 0 Å². The first-order chi connectivity index (χ1) is 7.74. The first-order valence-corrected chi connectivity index (χ1v) is 7.51. The highest BCUT2D eigenvalue weighted by atomic mass is 35.5. The lowest BCUT2D eigenvalue weighted by Gasteiger charge is -1.97. The Kier molecular flexibility index (Phi) is 4.05. The van der Waals surface area contributed by atoms with Crippen molar-refractivity contribution in [3.63, 3.8) is 0 Å². The Labute approximate surface area is 108 Å². The van der Waals surface area contributed by atoms with Gasteiger partial charge in [0.1, 0.15) is 9.98 Å². The molecule has 0 aliphatic rings. The number of hydrogen-bond acceptors (Lipinski definition) is 4. The Balaban J connectivity index is 2.45. The van der Waals surface area contributed by atoms with E-state index >= 15 is 0 Å². The van der Waals surface area contributed by atoms with E-state index in [1.807, 2.05) is 0 Å². The van der Waals surface area contributed by atoms with Crippen LogP contribution in [-0.4, -0.2) is 15.7 Å². The third-order valence-electron chi connectivity index (χ3n) is 2.15. The van der Waals surface area contributed by atoms with E-state index in [-0.39, 0.29) is 0 Å². The monoisotopic (exact) mass is 272 g/mol. The summed E-state index contributed by atoms with van der Waals surface area (Å²) in [5.41, 5.74) is 0. The fourth-order valence-corrected chi connectivity index (χ4v) is 3.57. The van der Waals surface area contributed by atoms with Crippen LogP contribution in [0, 0.1) is 0 Å². The van der Waals surface area contributed by atoms with Crippen molar-refractivity contribution in [1.29, 1.82) is 0 Å². The molecule has 0 spiro atoms. The molecule has 0 amide bonds. The van der Waals surface area contributed by atoms with Crippen LogP contribution in [0.4, 0.5) is 0 Å². The number of aryl methyl sites for hydroxylation is 1. The first-order valence-electron chi connectivity index (χ1n) is 5.33. The fraction of sp³-hybridized carbons (Fsp3) is 0.455. The van der Waals surface area contributed by atoms with E-state index in [2.05, 4.69) is 29.9 Å². The van der Waals surface area contributed by atoms with Gasteiger partial charge >= 0.3 is 0 Å². The molecule has 0 unspecified atom stereocenters. The van der Waals surface area contributed by atoms with E-state index in [0.717, 1.165) is 34.0 Å². The molecule has 0 atom stereocenters. The van der Waals surface area contributed by atoms with E-state index < -0.39 is 0 Å². The van der Waals surface area contributed by atoms with Crippen LogP contribution in [-0.2, 0) is 6.42 Å². The number of hydrogen-bond donors (Lipinski definition) is 0. The summed E-state index contributed by atoms with van der Waals surface area (Å²) >= 11 is 9.51. The summed E-state index contributed by atoms with van der Waals surface area (Å²) in [5.74, 6) is 0.967. The number of thioether (sulfide) groups is 1. The number of fused-ring (bicyclic) bond motifs is 1. The maximum absolute atomic E-state index is 6.15. The molecule has 0 saturated carbocycles. The second-order valence-electron chi connectivity index (χ2n) is 3.41. The van der Waals surface area contributed by atoms with Gasteiger partial charge in [0, 0.05) is 10.3 Å². The van der Waals surface area contributed by atoms with E-state index in [1.54, 1.807) is 23.1 Å². The summed E-state index contributed by atoms with van der Waals surface area (Å²) in [5, 5.41) is 2.36. The predicted octanol–water partition coefficient (Wildman–Crippen LogP) is 4.41. The van der Waals surface area contributed by atoms with Crippen LogP contribution in [0.2, 0.25) is 5.15 Å². The summed E-state index contributed by atoms with van der Waals surface area (Å²) < 4.78 is 0. The molecule has 0 fully saturated rings. The molecule has 86 valence electrons. The van der Waals surface area contributed by atoms with E-state index in [0.29, 0.717) is 5.15 Å². The van der Waals surface area contributed by atoms with Crippen molar-refractivity contribution in [2.75, 3.05) is 5.75 Å². The number of aromatic nitrogens is 2. The minimum absolute atomic E-state index is 0.583. The number of rotatable bonds is 4. The highest BCUT2D eigenvalue weighted by Gasteiger charge is 2.09. The van der Waals surface area contributed by atoms with Crippen molar-refractivity contribution in [2.45, 2.75) is 31.8 Å². The van der Waals surface area contributed by atoms with E-state index in [1.165, 1.54) is 4.88 Å². The average Bonchev–Trinajstić information content (AvgIpc) is 2.62. The molecule has 0 saturated heterocycles. The van der Waals surface area contributed by atoms with Gasteiger partial charge in [-0.2, -0.15) is 0 Å². The Hall–Kier alpha value is -0.320. The summed E-state index contributed by atoms with van der Waals surface area (Å²) in [6.45, 7) is 4.26. The van der Waals surface area contributed by atoms with Gasteiger partial charge in [0.05, 0.1) is 0 Å². The molecular weight excluding hydrogens is 260 g/mol. The molecule has 0 N–H and O–H groups in total. The van der Waals surface area contributed by atoms with Crippen LogP contribution in [0.5, 0.6) is 0 Å². The van der Waals surface area contributed by atoms with Crippen molar-refractivity contribution in [3.8, 4) is 0 Å². The quantitative estimate of drug-likeness (QED) is 0.468. The lowest BCUT2D eigenvalue weighted by atomic mass is 10.3. The van der Waals surface area contributed by atoms with E-state index in [9.17, 15) is 0 Å². The van der Waals surface area contributed by atoms with Crippen molar-refractivity contribution in [3.05, 3.63) is 16.1 Å². The van der Waals surface area contributed by atoms with Crippen LogP contribution in [0.15, 0.2) is 11.2 Å². The lowest BCUT2D eigenvalue weighted by Crippen LogP contribution is -1.86. The molecule has 2 aromatic rings. The van der Waals surface area contributed by atoms with Gasteiger partial charge in [-0.25, -0.2) is 9.97 Å². The highest BCUT2D eigenvalue weighted by molar-refractivity contribution is 7.99. The van der Waals surface area contributed by atoms with Crippen molar-refractivity contribution in [1.82, 2.24) is 9.97 Å². The third kappa shape index (κ3) is 2.50. The molecular formula is C11H13ClN2S2. The maximum Gasteiger partial charge on any atom is 0.190 e. The molecule has 0 aromatic carbocycles. The average molecular weight is 273 g/mol. The minimum atomic E-state index is 0.583. The molecule has 2 nitrogen and oxygen atoms in total. The van der Waals surface area contributed by atoms with Gasteiger partial charge in [0.25, 0.3) is 0 Å². The zero-order valence-corrected chi connectivity index (χ0v) is 11.7. The Morgan fingerprint density at radius 3 is 2.88 bits per heavy atom. The molecule has 5 heteroatoms. The van der Waals surface area contributed by atoms with Gasteiger partial charge in [-0.05, 0) is 18.2 Å². The van der Waals surface area contributed by atoms with Crippen LogP contribution < -0.4 is 0 Å². The summed E-state index contributed by atoms with van der Waals surface area (Å²) in [4.78, 5) is 11.2. The smallest absolute Gasteiger partial charge is 0.190 e. The molecule has 0 bridgehead atoms. The summed E-state index contributed by atoms with van der Waals surface area (Å²) in [6.07, 6.45) is 2.24. The molecule has 0 aliphatic carbocycles. The summed E-state index contributed by atoms with van der Waals surface area (Å²) in [7, 11) is 0. The number of thiophene rings is 1. The molecule has 2 heterocycles. The fourth-order valence-electron chi connectivity index (χ4n) is 1.48. The lowest BCUT2D eigenvalue weighted by molar-refractivity contribution is 0.940. The normalized spacial score (nSPS) is 11.2. The standard InChI is InChI=1S/C11H13ClN2S2/c1-3-5-7-6-8-9(12)13-11(15-4-2)14-10(8)16-7/h6H,3-5H2,1-2H3. The first kappa shape index (κ1) is 12.1. The number of nitrogens with zero attached hydrogens (tertiary/aromatic N) is 2. The largest absolute Gasteiger partial charge is 0.211 e. The van der Waals surface area contributed by atoms with Crippen molar-refractivity contribution < 1.29 is 0 Å². The second kappa shape index (κ2) is 5.34. The van der Waals surface area contributed by atoms with Crippen molar-refractivity contribution >= 4 is 44.9 Å². The SMILES string of the molecule is CCCc1cc2c(Cl)nc(SCC)nc2s1. The molecule has 16 heavy (non-hydrogen) atoms. The Bertz CT molecular complexity index is 496. The van der Waals surface area contributed by atoms with Gasteiger partial charge in [-0.3, -0.25) is 0 Å². The number of halogens is 1. The zero-order valence-electron chi connectivity index (χ0n) is 9.29. The zero-order chi connectivity index (χ0) is 11.5. The highest BCUT2D eigenvalue weighted by Crippen LogP contribution is 2.31. The second-order valence-corrected chi connectivity index (χ2v) is 6.12. The molecule has 2 aromatic heterocycles. The molecule has 0 radical (unpaired) electrons. The molecule has 2 rings (SSSR count). The minimum Gasteiger partial charge on any atom is -0.211 e. The van der Waals surface area contributed by atoms with Gasteiger partial charge < -0.3 is 0 Å². The van der Waals surface area contributed by atoms with Gasteiger partial charge in [-0.1, -0.05) is 43.6 Å². The summed E-state index contributed by atoms with van der Waals surface area (Å²) in [6, 6.07) is 2.12. The van der Waals surface area contributed by atoms with Crippen LogP contribution in [0.1, 0.15) is 25.1 Å². The topological polar surface area (TPSA) is 25.8 Å². The van der Waals surface area contributed by atoms with Crippen molar-refractivity contribution in [2.24, 2.45) is 0 Å². The maximum atomic E-state index is 6.15. The predicted molar refractivity (Wildman–Crippen MR) is 72.8 cm³/mol. The van der Waals surface area contributed by atoms with Crippen LogP contribution in [0.3, 0.4) is 0 Å². The van der Waals surface area contributed by atoms with Crippen LogP contribution >= 0.6 is 34.7 Å². The van der Waals surface area contributed by atoms with Crippen LogP contribution in [0.25, 0.3) is 10.2 Å². The third-order valence-corrected chi connectivity index (χ3v) is 4.25. The van der Waals surface area contributed by atoms with E-state index in [4.69, 9.17) is 11.6 Å². The molecule has 0 aliphatic heterocycles. The van der Waals surface area contributed by atoms with Gasteiger partial charge in [-0.15, -0.1) is 11.3 Å². The Morgan fingerprint density at radius 2 is 2.19 bits per heavy atom.